The average Bonchev–Trinajstić information content (AvgIpc) is 3.13. The summed E-state index contributed by atoms with van der Waals surface area (Å²) in [7, 11) is 0. The Morgan fingerprint density at radius 1 is 0.794 bits per heavy atom. The molecular weight excluding hydrogens is 467 g/mol. The van der Waals surface area contributed by atoms with Gasteiger partial charge in [0.2, 0.25) is 0 Å². The molecule has 34 heavy (non-hydrogen) atoms. The summed E-state index contributed by atoms with van der Waals surface area (Å²) in [5, 5.41) is 3.38. The van der Waals surface area contributed by atoms with Crippen LogP contribution in [0.25, 0.3) is 32.8 Å². The molecule has 0 radical (unpaired) electrons. The number of hydrogen-bond acceptors (Lipinski definition) is 4. The van der Waals surface area contributed by atoms with Crippen LogP contribution in [0, 0.1) is 0 Å². The minimum atomic E-state index is 0.607. The van der Waals surface area contributed by atoms with Gasteiger partial charge in [0.25, 0.3) is 0 Å². The van der Waals surface area contributed by atoms with Crippen LogP contribution in [0.1, 0.15) is 27.7 Å². The van der Waals surface area contributed by atoms with Gasteiger partial charge in [-0.15, -0.1) is 0 Å². The van der Waals surface area contributed by atoms with E-state index in [0.29, 0.717) is 16.7 Å². The van der Waals surface area contributed by atoms with Crippen molar-refractivity contribution in [1.29, 1.82) is 0 Å². The van der Waals surface area contributed by atoms with Crippen LogP contribution in [0.2, 0.25) is 10.0 Å². The highest BCUT2D eigenvalue weighted by atomic mass is 35.5. The molecule has 0 aliphatic heterocycles. The highest BCUT2D eigenvalue weighted by molar-refractivity contribution is 6.32. The molecule has 5 nitrogen and oxygen atoms in total. The van der Waals surface area contributed by atoms with Crippen molar-refractivity contribution >= 4 is 56.0 Å². The zero-order chi connectivity index (χ0) is 24.2. The van der Waals surface area contributed by atoms with E-state index in [-0.39, 0.29) is 0 Å². The van der Waals surface area contributed by atoms with Gasteiger partial charge in [0.05, 0.1) is 22.1 Å². The Labute approximate surface area is 212 Å². The van der Waals surface area contributed by atoms with Crippen LogP contribution in [0.3, 0.4) is 0 Å². The van der Waals surface area contributed by atoms with Gasteiger partial charge < -0.3 is 19.1 Å². The molecule has 0 aliphatic rings. The summed E-state index contributed by atoms with van der Waals surface area (Å²) in [4.78, 5) is 9.84. The second kappa shape index (κ2) is 11.1. The van der Waals surface area contributed by atoms with Crippen molar-refractivity contribution in [3.8, 4) is 5.75 Å². The minimum absolute atomic E-state index is 0.607. The third-order valence-corrected chi connectivity index (χ3v) is 7.18. The van der Waals surface area contributed by atoms with Crippen molar-refractivity contribution < 1.29 is 4.74 Å². The van der Waals surface area contributed by atoms with Gasteiger partial charge in [-0.1, -0.05) is 50.9 Å². The molecule has 4 rings (SSSR count). The predicted molar refractivity (Wildman–Crippen MR) is 146 cm³/mol. The molecule has 2 aromatic carbocycles. The van der Waals surface area contributed by atoms with Crippen molar-refractivity contribution in [3.05, 3.63) is 46.4 Å². The minimum Gasteiger partial charge on any atom is -0.491 e. The molecular formula is C27H34Cl2N4O. The lowest BCUT2D eigenvalue weighted by molar-refractivity contribution is 0.224. The summed E-state index contributed by atoms with van der Waals surface area (Å²) in [6.07, 6.45) is 0. The molecule has 2 aromatic heterocycles. The van der Waals surface area contributed by atoms with Crippen molar-refractivity contribution in [3.63, 3.8) is 0 Å². The lowest BCUT2D eigenvalue weighted by atomic mass is 10.1. The first kappa shape index (κ1) is 25.1. The van der Waals surface area contributed by atoms with Gasteiger partial charge in [0.1, 0.15) is 12.4 Å². The maximum absolute atomic E-state index is 6.47. The summed E-state index contributed by atoms with van der Waals surface area (Å²) in [5.74, 6) is 0.780. The molecule has 0 saturated carbocycles. The smallest absolute Gasteiger partial charge is 0.130 e. The Morgan fingerprint density at radius 3 is 2.21 bits per heavy atom. The topological polar surface area (TPSA) is 33.5 Å². The number of ether oxygens (including phenoxy) is 1. The number of nitrogens with zero attached hydrogens (tertiary/aromatic N) is 4. The molecule has 0 bridgehead atoms. The first-order chi connectivity index (χ1) is 16.5. The predicted octanol–water partition coefficient (Wildman–Crippen LogP) is 6.71. The first-order valence-corrected chi connectivity index (χ1v) is 13.0. The Morgan fingerprint density at radius 2 is 1.50 bits per heavy atom. The van der Waals surface area contributed by atoms with Gasteiger partial charge in [-0.05, 0) is 62.6 Å². The van der Waals surface area contributed by atoms with Crippen molar-refractivity contribution in [1.82, 2.24) is 19.4 Å². The van der Waals surface area contributed by atoms with Crippen LogP contribution >= 0.6 is 23.2 Å². The number of likely N-dealkylation sites (N-methyl/N-ethyl adjacent to an activating group) is 2. The fourth-order valence-corrected chi connectivity index (χ4v) is 5.01. The monoisotopic (exact) mass is 500 g/mol. The lowest BCUT2D eigenvalue weighted by Crippen LogP contribution is -2.27. The Kier molecular flexibility index (Phi) is 8.20. The van der Waals surface area contributed by atoms with Crippen LogP contribution in [0.15, 0.2) is 36.4 Å². The maximum Gasteiger partial charge on any atom is 0.130 e. The molecule has 0 spiro atoms. The van der Waals surface area contributed by atoms with E-state index in [0.717, 1.165) is 84.4 Å². The number of benzene rings is 2. The average molecular weight is 502 g/mol. The molecule has 0 fully saturated rings. The number of fused-ring (bicyclic) bond motifs is 4. The molecule has 0 aliphatic carbocycles. The van der Waals surface area contributed by atoms with E-state index in [9.17, 15) is 0 Å². The normalized spacial score (nSPS) is 12.1. The lowest BCUT2D eigenvalue weighted by Gasteiger charge is -2.19. The summed E-state index contributed by atoms with van der Waals surface area (Å²) < 4.78 is 8.61. The van der Waals surface area contributed by atoms with Gasteiger partial charge in [-0.3, -0.25) is 0 Å². The van der Waals surface area contributed by atoms with E-state index >= 15 is 0 Å². The van der Waals surface area contributed by atoms with E-state index < -0.39 is 0 Å². The van der Waals surface area contributed by atoms with Crippen LogP contribution < -0.4 is 4.74 Å². The number of pyridine rings is 1. The molecule has 182 valence electrons. The SMILES string of the molecule is CCN(CC)CCOc1cc(Cl)cc2nc3c4cc(Cl)ccc4n(CCN(CC)CC)c3cc12. The summed E-state index contributed by atoms with van der Waals surface area (Å²) in [6.45, 7) is 16.2. The van der Waals surface area contributed by atoms with E-state index in [1.165, 1.54) is 0 Å². The van der Waals surface area contributed by atoms with Gasteiger partial charge in [0, 0.05) is 40.5 Å². The molecule has 2 heterocycles. The second-order valence-corrected chi connectivity index (χ2v) is 9.41. The highest BCUT2D eigenvalue weighted by Gasteiger charge is 2.17. The van der Waals surface area contributed by atoms with Crippen LogP contribution in [0.4, 0.5) is 0 Å². The molecule has 0 unspecified atom stereocenters. The third-order valence-electron chi connectivity index (χ3n) is 6.73. The zero-order valence-electron chi connectivity index (χ0n) is 20.6. The van der Waals surface area contributed by atoms with Crippen LogP contribution in [0.5, 0.6) is 5.75 Å². The summed E-state index contributed by atoms with van der Waals surface area (Å²) >= 11 is 12.9. The van der Waals surface area contributed by atoms with E-state index in [1.807, 2.05) is 24.3 Å². The quantitative estimate of drug-likeness (QED) is 0.229. The largest absolute Gasteiger partial charge is 0.491 e. The van der Waals surface area contributed by atoms with Crippen LogP contribution in [-0.2, 0) is 6.54 Å². The Hall–Kier alpha value is -2.05. The maximum atomic E-state index is 6.47. The molecule has 4 aromatic rings. The van der Waals surface area contributed by atoms with E-state index in [2.05, 4.69) is 54.2 Å². The molecule has 7 heteroatoms. The van der Waals surface area contributed by atoms with Gasteiger partial charge >= 0.3 is 0 Å². The van der Waals surface area contributed by atoms with Crippen molar-refractivity contribution in [2.24, 2.45) is 0 Å². The van der Waals surface area contributed by atoms with Gasteiger partial charge in [0.15, 0.2) is 0 Å². The Bertz CT molecular complexity index is 1280. The van der Waals surface area contributed by atoms with Gasteiger partial charge in [-0.25, -0.2) is 4.98 Å². The van der Waals surface area contributed by atoms with E-state index in [1.54, 1.807) is 0 Å². The van der Waals surface area contributed by atoms with Gasteiger partial charge in [-0.2, -0.15) is 0 Å². The summed E-state index contributed by atoms with van der Waals surface area (Å²) in [5.41, 5.74) is 4.01. The van der Waals surface area contributed by atoms with Crippen LogP contribution in [-0.4, -0.2) is 65.2 Å². The number of rotatable bonds is 11. The third kappa shape index (κ3) is 5.13. The number of hydrogen-bond donors (Lipinski definition) is 0. The molecule has 0 N–H and O–H groups in total. The molecule has 0 atom stereocenters. The summed E-state index contributed by atoms with van der Waals surface area (Å²) in [6, 6.07) is 12.1. The number of aromatic nitrogens is 2. The highest BCUT2D eigenvalue weighted by Crippen LogP contribution is 2.36. The van der Waals surface area contributed by atoms with Crippen molar-refractivity contribution in [2.45, 2.75) is 34.2 Å². The van der Waals surface area contributed by atoms with E-state index in [4.69, 9.17) is 32.9 Å². The molecule has 0 amide bonds. The first-order valence-electron chi connectivity index (χ1n) is 12.3. The van der Waals surface area contributed by atoms with Crippen molar-refractivity contribution in [2.75, 3.05) is 45.9 Å². The number of halogens is 2. The molecule has 0 saturated heterocycles. The standard InChI is InChI=1S/C27H34Cl2N4O/c1-5-31(6-2)11-12-33-24-10-9-19(28)15-22(24)27-25(33)18-21-23(30-27)16-20(29)17-26(21)34-14-13-32(7-3)8-4/h9-10,15-18H,5-8,11-14H2,1-4H3. The fraction of sp³-hybridized carbons (Fsp3) is 0.444. The fourth-order valence-electron chi connectivity index (χ4n) is 4.63. The Balaban J connectivity index is 1.82. The zero-order valence-corrected chi connectivity index (χ0v) is 22.1. The second-order valence-electron chi connectivity index (χ2n) is 8.54.